The number of hydrogen-bond acceptors (Lipinski definition) is 3. The van der Waals surface area contributed by atoms with Gasteiger partial charge in [-0.1, -0.05) is 18.2 Å². The number of rotatable bonds is 5. The van der Waals surface area contributed by atoms with Gasteiger partial charge in [-0.2, -0.15) is 0 Å². The number of aryl methyl sites for hydroxylation is 1. The van der Waals surface area contributed by atoms with Crippen LogP contribution in [0.25, 0.3) is 0 Å². The van der Waals surface area contributed by atoms with Crippen LogP contribution in [0.2, 0.25) is 0 Å². The Hall–Kier alpha value is -2.40. The van der Waals surface area contributed by atoms with Crippen LogP contribution >= 0.6 is 0 Å². The van der Waals surface area contributed by atoms with E-state index in [1.54, 1.807) is 13.0 Å². The highest BCUT2D eigenvalue weighted by atomic mass is 16.5. The predicted octanol–water partition coefficient (Wildman–Crippen LogP) is 2.47. The third kappa shape index (κ3) is 3.79. The molecule has 0 aliphatic heterocycles. The highest BCUT2D eigenvalue weighted by Gasteiger charge is 2.12. The van der Waals surface area contributed by atoms with Crippen molar-refractivity contribution >= 4 is 11.6 Å². The highest BCUT2D eigenvalue weighted by molar-refractivity contribution is 6.04. The van der Waals surface area contributed by atoms with E-state index in [1.165, 1.54) is 12.3 Å². The van der Waals surface area contributed by atoms with E-state index in [0.29, 0.717) is 24.6 Å². The number of carbonyl (C=O) groups excluding carboxylic acids is 1. The summed E-state index contributed by atoms with van der Waals surface area (Å²) in [5, 5.41) is 2.76. The second-order valence-corrected chi connectivity index (χ2v) is 4.64. The van der Waals surface area contributed by atoms with Crippen molar-refractivity contribution < 1.29 is 9.53 Å². The van der Waals surface area contributed by atoms with Crippen LogP contribution in [0.1, 0.15) is 28.5 Å². The van der Waals surface area contributed by atoms with Crippen molar-refractivity contribution in [1.29, 1.82) is 0 Å². The number of hydrogen-bond donors (Lipinski definition) is 2. The number of H-pyrrole nitrogens is 1. The standard InChI is InChI=1S/C16H18N2O3/c1-3-21-10-12-6-4-5-7-14(12)18-16(20)13-9-17-11(2)8-15(13)19/h4-9H,3,10H2,1-2H3,(H,17,19)(H,18,20). The van der Waals surface area contributed by atoms with Crippen LogP contribution in [0.4, 0.5) is 5.69 Å². The third-order valence-corrected chi connectivity index (χ3v) is 3.03. The highest BCUT2D eigenvalue weighted by Crippen LogP contribution is 2.16. The first-order valence-corrected chi connectivity index (χ1v) is 6.78. The lowest BCUT2D eigenvalue weighted by Crippen LogP contribution is -2.22. The van der Waals surface area contributed by atoms with Gasteiger partial charge in [-0.3, -0.25) is 9.59 Å². The predicted molar refractivity (Wildman–Crippen MR) is 81.5 cm³/mol. The van der Waals surface area contributed by atoms with Crippen LogP contribution in [0.5, 0.6) is 0 Å². The molecule has 0 fully saturated rings. The van der Waals surface area contributed by atoms with E-state index in [9.17, 15) is 9.59 Å². The molecule has 0 saturated heterocycles. The molecular weight excluding hydrogens is 268 g/mol. The summed E-state index contributed by atoms with van der Waals surface area (Å²) in [7, 11) is 0. The largest absolute Gasteiger partial charge is 0.377 e. The third-order valence-electron chi connectivity index (χ3n) is 3.03. The number of amides is 1. The molecule has 21 heavy (non-hydrogen) atoms. The molecule has 5 heteroatoms. The number of carbonyl (C=O) groups is 1. The molecule has 1 aromatic heterocycles. The van der Waals surface area contributed by atoms with Crippen molar-refractivity contribution in [3.8, 4) is 0 Å². The van der Waals surface area contributed by atoms with Crippen molar-refractivity contribution in [2.75, 3.05) is 11.9 Å². The lowest BCUT2D eigenvalue weighted by Gasteiger charge is -2.11. The molecule has 0 unspecified atom stereocenters. The molecule has 0 bridgehead atoms. The second-order valence-electron chi connectivity index (χ2n) is 4.64. The monoisotopic (exact) mass is 286 g/mol. The zero-order valence-corrected chi connectivity index (χ0v) is 12.1. The van der Waals surface area contributed by atoms with Crippen LogP contribution in [0, 0.1) is 6.92 Å². The molecule has 0 saturated carbocycles. The van der Waals surface area contributed by atoms with Crippen molar-refractivity contribution in [3.05, 3.63) is 63.6 Å². The molecule has 2 aromatic rings. The van der Waals surface area contributed by atoms with Gasteiger partial charge in [0, 0.05) is 35.8 Å². The van der Waals surface area contributed by atoms with Gasteiger partial charge in [0.1, 0.15) is 5.56 Å². The molecular formula is C16H18N2O3. The fourth-order valence-corrected chi connectivity index (χ4v) is 1.92. The van der Waals surface area contributed by atoms with Crippen LogP contribution in [-0.2, 0) is 11.3 Å². The Bertz CT molecular complexity index is 692. The number of aromatic nitrogens is 1. The van der Waals surface area contributed by atoms with Crippen LogP contribution in [0.3, 0.4) is 0 Å². The maximum absolute atomic E-state index is 12.2. The van der Waals surface area contributed by atoms with Crippen LogP contribution in [-0.4, -0.2) is 17.5 Å². The number of nitrogens with one attached hydrogen (secondary N) is 2. The van der Waals surface area contributed by atoms with E-state index in [0.717, 1.165) is 5.56 Å². The Kier molecular flexibility index (Phi) is 4.90. The Morgan fingerprint density at radius 3 is 2.81 bits per heavy atom. The first-order chi connectivity index (χ1) is 10.1. The molecule has 0 atom stereocenters. The fraction of sp³-hybridized carbons (Fsp3) is 0.250. The van der Waals surface area contributed by atoms with Gasteiger partial charge in [0.05, 0.1) is 6.61 Å². The number of aromatic amines is 1. The van der Waals surface area contributed by atoms with Crippen molar-refractivity contribution in [2.45, 2.75) is 20.5 Å². The first-order valence-electron chi connectivity index (χ1n) is 6.78. The molecule has 2 N–H and O–H groups in total. The minimum atomic E-state index is -0.430. The molecule has 5 nitrogen and oxygen atoms in total. The molecule has 0 spiro atoms. The number of ether oxygens (including phenoxy) is 1. The Labute approximate surface area is 123 Å². The molecule has 1 heterocycles. The lowest BCUT2D eigenvalue weighted by molar-refractivity contribution is 0.102. The molecule has 0 radical (unpaired) electrons. The summed E-state index contributed by atoms with van der Waals surface area (Å²) >= 11 is 0. The zero-order chi connectivity index (χ0) is 15.2. The maximum atomic E-state index is 12.2. The van der Waals surface area contributed by atoms with Gasteiger partial charge in [-0.25, -0.2) is 0 Å². The van der Waals surface area contributed by atoms with E-state index in [2.05, 4.69) is 10.3 Å². The van der Waals surface area contributed by atoms with E-state index in [-0.39, 0.29) is 11.0 Å². The number of pyridine rings is 1. The van der Waals surface area contributed by atoms with Gasteiger partial charge in [0.2, 0.25) is 0 Å². The first kappa shape index (κ1) is 15.0. The van der Waals surface area contributed by atoms with Crippen molar-refractivity contribution in [1.82, 2.24) is 4.98 Å². The topological polar surface area (TPSA) is 71.2 Å². The number of para-hydroxylation sites is 1. The minimum absolute atomic E-state index is 0.0896. The SMILES string of the molecule is CCOCc1ccccc1NC(=O)c1c[nH]c(C)cc1=O. The average molecular weight is 286 g/mol. The van der Waals surface area contributed by atoms with Gasteiger partial charge in [0.15, 0.2) is 5.43 Å². The van der Waals surface area contributed by atoms with Crippen LogP contribution in [0.15, 0.2) is 41.3 Å². The summed E-state index contributed by atoms with van der Waals surface area (Å²) in [5.41, 5.74) is 2.03. The Morgan fingerprint density at radius 1 is 1.33 bits per heavy atom. The van der Waals surface area contributed by atoms with E-state index in [1.807, 2.05) is 25.1 Å². The molecule has 2 rings (SSSR count). The number of benzene rings is 1. The summed E-state index contributed by atoms with van der Waals surface area (Å²) in [6, 6.07) is 8.77. The fourth-order valence-electron chi connectivity index (χ4n) is 1.92. The number of anilines is 1. The van der Waals surface area contributed by atoms with E-state index < -0.39 is 5.91 Å². The molecule has 0 aliphatic carbocycles. The van der Waals surface area contributed by atoms with Gasteiger partial charge in [0.25, 0.3) is 5.91 Å². The summed E-state index contributed by atoms with van der Waals surface area (Å²) < 4.78 is 5.37. The van der Waals surface area contributed by atoms with Gasteiger partial charge in [-0.05, 0) is 19.9 Å². The summed E-state index contributed by atoms with van der Waals surface area (Å²) in [6.07, 6.45) is 1.43. The summed E-state index contributed by atoms with van der Waals surface area (Å²) in [6.45, 7) is 4.69. The quantitative estimate of drug-likeness (QED) is 0.887. The molecule has 0 aliphatic rings. The van der Waals surface area contributed by atoms with Crippen molar-refractivity contribution in [2.24, 2.45) is 0 Å². The van der Waals surface area contributed by atoms with E-state index >= 15 is 0 Å². The average Bonchev–Trinajstić information content (AvgIpc) is 2.46. The maximum Gasteiger partial charge on any atom is 0.261 e. The Morgan fingerprint density at radius 2 is 2.10 bits per heavy atom. The second kappa shape index (κ2) is 6.85. The van der Waals surface area contributed by atoms with Crippen molar-refractivity contribution in [3.63, 3.8) is 0 Å². The molecule has 1 amide bonds. The lowest BCUT2D eigenvalue weighted by atomic mass is 10.1. The summed E-state index contributed by atoms with van der Waals surface area (Å²) in [5.74, 6) is -0.430. The zero-order valence-electron chi connectivity index (χ0n) is 12.1. The van der Waals surface area contributed by atoms with Gasteiger partial charge >= 0.3 is 0 Å². The van der Waals surface area contributed by atoms with Gasteiger partial charge < -0.3 is 15.0 Å². The van der Waals surface area contributed by atoms with Crippen LogP contribution < -0.4 is 10.7 Å². The van der Waals surface area contributed by atoms with E-state index in [4.69, 9.17) is 4.74 Å². The molecule has 1 aromatic carbocycles. The Balaban J connectivity index is 2.21. The smallest absolute Gasteiger partial charge is 0.261 e. The summed E-state index contributed by atoms with van der Waals surface area (Å²) in [4.78, 5) is 26.9. The normalized spacial score (nSPS) is 10.4. The van der Waals surface area contributed by atoms with Gasteiger partial charge in [-0.15, -0.1) is 0 Å². The molecule has 110 valence electrons. The minimum Gasteiger partial charge on any atom is -0.377 e.